The molecule has 0 amide bonds. The third kappa shape index (κ3) is 2.24. The Morgan fingerprint density at radius 3 is 2.33 bits per heavy atom. The van der Waals surface area contributed by atoms with E-state index in [1.807, 2.05) is 6.07 Å². The van der Waals surface area contributed by atoms with Crippen molar-refractivity contribution in [1.82, 2.24) is 0 Å². The molecular formula is C10H14BrN. The van der Waals surface area contributed by atoms with Gasteiger partial charge in [0.15, 0.2) is 0 Å². The van der Waals surface area contributed by atoms with Crippen LogP contribution in [-0.2, 0) is 0 Å². The van der Waals surface area contributed by atoms with Crippen LogP contribution in [0.15, 0.2) is 30.3 Å². The second kappa shape index (κ2) is 4.51. The summed E-state index contributed by atoms with van der Waals surface area (Å²) in [6.45, 7) is 5.32. The predicted molar refractivity (Wildman–Crippen MR) is 57.9 cm³/mol. The molecule has 0 heterocycles. The van der Waals surface area contributed by atoms with E-state index in [-0.39, 0.29) is 0 Å². The summed E-state index contributed by atoms with van der Waals surface area (Å²) >= 11 is 3.56. The molecule has 0 bridgehead atoms. The zero-order valence-electron chi connectivity index (χ0n) is 7.50. The largest absolute Gasteiger partial charge is 0.359 e. The second-order valence-corrected chi connectivity index (χ2v) is 4.02. The maximum Gasteiger partial charge on any atom is 0.0817 e. The molecule has 0 fully saturated rings. The smallest absolute Gasteiger partial charge is 0.0817 e. The van der Waals surface area contributed by atoms with Crippen LogP contribution in [0.1, 0.15) is 13.8 Å². The Hall–Kier alpha value is -0.500. The quantitative estimate of drug-likeness (QED) is 0.567. The first-order valence-electron chi connectivity index (χ1n) is 4.21. The first kappa shape index (κ1) is 9.59. The fourth-order valence-electron chi connectivity index (χ4n) is 1.26. The summed E-state index contributed by atoms with van der Waals surface area (Å²) in [6, 6.07) is 10.4. The number of nitrogens with zero attached hydrogens (tertiary/aromatic N) is 1. The van der Waals surface area contributed by atoms with Gasteiger partial charge in [0, 0.05) is 12.2 Å². The van der Waals surface area contributed by atoms with Crippen LogP contribution in [0.3, 0.4) is 0 Å². The molecule has 0 radical (unpaired) electrons. The first-order valence-corrected chi connectivity index (χ1v) is 5.13. The van der Waals surface area contributed by atoms with Crippen molar-refractivity contribution in [2.45, 2.75) is 18.8 Å². The van der Waals surface area contributed by atoms with E-state index in [1.54, 1.807) is 0 Å². The molecule has 1 aromatic rings. The van der Waals surface area contributed by atoms with Crippen molar-refractivity contribution in [3.8, 4) is 0 Å². The van der Waals surface area contributed by atoms with Gasteiger partial charge < -0.3 is 4.90 Å². The van der Waals surface area contributed by atoms with Crippen LogP contribution in [0.4, 0.5) is 5.69 Å². The van der Waals surface area contributed by atoms with E-state index in [1.165, 1.54) is 5.69 Å². The van der Waals surface area contributed by atoms with Gasteiger partial charge in [-0.15, -0.1) is 0 Å². The highest BCUT2D eigenvalue weighted by Crippen LogP contribution is 2.18. The number of rotatable bonds is 3. The zero-order chi connectivity index (χ0) is 8.97. The van der Waals surface area contributed by atoms with E-state index < -0.39 is 0 Å². The van der Waals surface area contributed by atoms with E-state index in [2.05, 4.69) is 58.9 Å². The maximum atomic E-state index is 3.56. The molecule has 0 aliphatic rings. The van der Waals surface area contributed by atoms with Gasteiger partial charge in [-0.25, -0.2) is 0 Å². The summed E-state index contributed by atoms with van der Waals surface area (Å²) in [5.41, 5.74) is 1.27. The average Bonchev–Trinajstić information content (AvgIpc) is 2.07. The molecule has 1 aromatic carbocycles. The Labute approximate surface area is 82.5 Å². The fourth-order valence-corrected chi connectivity index (χ4v) is 1.79. The lowest BCUT2D eigenvalue weighted by atomic mass is 10.3. The van der Waals surface area contributed by atoms with Gasteiger partial charge in [0.1, 0.15) is 0 Å². The summed E-state index contributed by atoms with van der Waals surface area (Å²) in [7, 11) is 0. The minimum atomic E-state index is 0.393. The van der Waals surface area contributed by atoms with Crippen LogP contribution in [0.5, 0.6) is 0 Å². The van der Waals surface area contributed by atoms with Crippen molar-refractivity contribution in [2.75, 3.05) is 11.4 Å². The van der Waals surface area contributed by atoms with Crippen molar-refractivity contribution in [2.24, 2.45) is 0 Å². The van der Waals surface area contributed by atoms with Crippen LogP contribution < -0.4 is 4.90 Å². The van der Waals surface area contributed by atoms with Gasteiger partial charge in [-0.1, -0.05) is 34.1 Å². The molecule has 66 valence electrons. The van der Waals surface area contributed by atoms with E-state index in [0.29, 0.717) is 4.95 Å². The molecule has 0 saturated carbocycles. The molecule has 0 saturated heterocycles. The summed E-state index contributed by atoms with van der Waals surface area (Å²) in [5.74, 6) is 0. The number of hydrogen-bond donors (Lipinski definition) is 0. The van der Waals surface area contributed by atoms with E-state index in [9.17, 15) is 0 Å². The van der Waals surface area contributed by atoms with Gasteiger partial charge in [-0.2, -0.15) is 0 Å². The molecule has 0 aliphatic heterocycles. The molecule has 0 spiro atoms. The molecular weight excluding hydrogens is 214 g/mol. The van der Waals surface area contributed by atoms with Crippen molar-refractivity contribution < 1.29 is 0 Å². The summed E-state index contributed by atoms with van der Waals surface area (Å²) in [4.78, 5) is 2.69. The van der Waals surface area contributed by atoms with Gasteiger partial charge >= 0.3 is 0 Å². The van der Waals surface area contributed by atoms with Crippen LogP contribution >= 0.6 is 15.9 Å². The highest BCUT2D eigenvalue weighted by Gasteiger charge is 2.07. The minimum absolute atomic E-state index is 0.393. The first-order chi connectivity index (χ1) is 5.75. The number of para-hydroxylation sites is 1. The number of anilines is 1. The van der Waals surface area contributed by atoms with E-state index >= 15 is 0 Å². The molecule has 1 atom stereocenters. The normalized spacial score (nSPS) is 12.6. The molecule has 2 heteroatoms. The lowest BCUT2D eigenvalue weighted by Gasteiger charge is -2.25. The highest BCUT2D eigenvalue weighted by molar-refractivity contribution is 9.09. The van der Waals surface area contributed by atoms with Crippen molar-refractivity contribution in [3.05, 3.63) is 30.3 Å². The Morgan fingerprint density at radius 1 is 1.33 bits per heavy atom. The number of alkyl halides is 1. The Balaban J connectivity index is 2.80. The standard InChI is InChI=1S/C10H14BrN/c1-3-12(9(2)11)10-7-5-4-6-8-10/h4-9H,3H2,1-2H3. The topological polar surface area (TPSA) is 3.24 Å². The number of hydrogen-bond acceptors (Lipinski definition) is 1. The number of halogens is 1. The monoisotopic (exact) mass is 227 g/mol. The van der Waals surface area contributed by atoms with Gasteiger partial charge in [0.05, 0.1) is 4.95 Å². The van der Waals surface area contributed by atoms with Crippen LogP contribution in [0.2, 0.25) is 0 Å². The molecule has 1 unspecified atom stereocenters. The Morgan fingerprint density at radius 2 is 1.92 bits per heavy atom. The fraction of sp³-hybridized carbons (Fsp3) is 0.400. The van der Waals surface area contributed by atoms with Crippen molar-refractivity contribution in [1.29, 1.82) is 0 Å². The lowest BCUT2D eigenvalue weighted by molar-refractivity contribution is 0.833. The van der Waals surface area contributed by atoms with Crippen molar-refractivity contribution in [3.63, 3.8) is 0 Å². The number of benzene rings is 1. The SMILES string of the molecule is CCN(c1ccccc1)C(C)Br. The molecule has 12 heavy (non-hydrogen) atoms. The van der Waals surface area contributed by atoms with Gasteiger partial charge in [-0.05, 0) is 26.0 Å². The van der Waals surface area contributed by atoms with Crippen LogP contribution in [0, 0.1) is 0 Å². The molecule has 0 N–H and O–H groups in total. The second-order valence-electron chi connectivity index (χ2n) is 2.70. The Kier molecular flexibility index (Phi) is 3.60. The Bertz CT molecular complexity index is 221. The lowest BCUT2D eigenvalue weighted by Crippen LogP contribution is -2.27. The van der Waals surface area contributed by atoms with Crippen LogP contribution in [-0.4, -0.2) is 11.5 Å². The van der Waals surface area contributed by atoms with E-state index in [0.717, 1.165) is 6.54 Å². The summed E-state index contributed by atoms with van der Waals surface area (Å²) in [5, 5.41) is 0. The van der Waals surface area contributed by atoms with Crippen LogP contribution in [0.25, 0.3) is 0 Å². The maximum absolute atomic E-state index is 3.56. The van der Waals surface area contributed by atoms with Gasteiger partial charge in [0.2, 0.25) is 0 Å². The van der Waals surface area contributed by atoms with Gasteiger partial charge in [0.25, 0.3) is 0 Å². The van der Waals surface area contributed by atoms with Crippen molar-refractivity contribution >= 4 is 21.6 Å². The third-order valence-electron chi connectivity index (χ3n) is 1.86. The molecule has 1 nitrogen and oxygen atoms in total. The van der Waals surface area contributed by atoms with Gasteiger partial charge in [-0.3, -0.25) is 0 Å². The van der Waals surface area contributed by atoms with E-state index in [4.69, 9.17) is 0 Å². The third-order valence-corrected chi connectivity index (χ3v) is 2.35. The molecule has 0 aromatic heterocycles. The summed E-state index contributed by atoms with van der Waals surface area (Å²) in [6.07, 6.45) is 0. The molecule has 1 rings (SSSR count). The minimum Gasteiger partial charge on any atom is -0.359 e. The predicted octanol–water partition coefficient (Wildman–Crippen LogP) is 3.25. The zero-order valence-corrected chi connectivity index (χ0v) is 9.08. The summed E-state index contributed by atoms with van der Waals surface area (Å²) < 4.78 is 0. The average molecular weight is 228 g/mol. The highest BCUT2D eigenvalue weighted by atomic mass is 79.9. The molecule has 0 aliphatic carbocycles.